The van der Waals surface area contributed by atoms with Crippen molar-refractivity contribution in [3.8, 4) is 0 Å². The van der Waals surface area contributed by atoms with Crippen LogP contribution in [0.1, 0.15) is 41.9 Å². The number of aromatic nitrogens is 1. The summed E-state index contributed by atoms with van der Waals surface area (Å²) in [6, 6.07) is 6.72. The van der Waals surface area contributed by atoms with Crippen LogP contribution in [0.4, 0.5) is 0 Å². The minimum Gasteiger partial charge on any atom is -0.348 e. The molecular formula is C15H21N3O. The molecule has 0 atom stereocenters. The summed E-state index contributed by atoms with van der Waals surface area (Å²) >= 11 is 0. The van der Waals surface area contributed by atoms with E-state index in [1.54, 1.807) is 6.07 Å². The second kappa shape index (κ2) is 5.29. The van der Waals surface area contributed by atoms with Gasteiger partial charge in [-0.15, -0.1) is 0 Å². The number of hydrogen-bond acceptors (Lipinski definition) is 3. The summed E-state index contributed by atoms with van der Waals surface area (Å²) < 4.78 is 0. The van der Waals surface area contributed by atoms with Crippen molar-refractivity contribution in [3.05, 3.63) is 29.6 Å². The fourth-order valence-electron chi connectivity index (χ4n) is 2.78. The summed E-state index contributed by atoms with van der Waals surface area (Å²) in [5.74, 6) is -0.0337. The molecule has 19 heavy (non-hydrogen) atoms. The molecule has 4 heteroatoms. The zero-order chi connectivity index (χ0) is 13.2. The number of rotatable bonds is 3. The van der Waals surface area contributed by atoms with Gasteiger partial charge in [-0.05, 0) is 44.7 Å². The van der Waals surface area contributed by atoms with Gasteiger partial charge in [0.05, 0.1) is 0 Å². The van der Waals surface area contributed by atoms with Gasteiger partial charge in [-0.25, -0.2) is 4.98 Å². The predicted octanol–water partition coefficient (Wildman–Crippen LogP) is 1.75. The van der Waals surface area contributed by atoms with E-state index < -0.39 is 0 Å². The number of hydrogen-bond donors (Lipinski definition) is 1. The molecule has 2 aliphatic rings. The first kappa shape index (κ1) is 12.6. The standard InChI is InChI=1S/C15H21N3O/c1-11-3-2-4-14(16-11)15(19)17-12-7-9-18(10-8-12)13-5-6-13/h2-4,12-13H,5-10H2,1H3,(H,17,19). The van der Waals surface area contributed by atoms with Crippen molar-refractivity contribution in [1.82, 2.24) is 15.2 Å². The highest BCUT2D eigenvalue weighted by molar-refractivity contribution is 5.92. The van der Waals surface area contributed by atoms with E-state index in [1.165, 1.54) is 12.8 Å². The van der Waals surface area contributed by atoms with E-state index in [9.17, 15) is 4.79 Å². The summed E-state index contributed by atoms with van der Waals surface area (Å²) in [7, 11) is 0. The summed E-state index contributed by atoms with van der Waals surface area (Å²) in [5, 5.41) is 3.11. The van der Waals surface area contributed by atoms with E-state index in [0.717, 1.165) is 37.7 Å². The Hall–Kier alpha value is -1.42. The largest absolute Gasteiger partial charge is 0.348 e. The lowest BCUT2D eigenvalue weighted by Gasteiger charge is -2.32. The van der Waals surface area contributed by atoms with Crippen molar-refractivity contribution in [2.24, 2.45) is 0 Å². The van der Waals surface area contributed by atoms with Crippen molar-refractivity contribution in [1.29, 1.82) is 0 Å². The van der Waals surface area contributed by atoms with Gasteiger partial charge in [0.1, 0.15) is 5.69 Å². The Morgan fingerprint density at radius 1 is 1.26 bits per heavy atom. The molecule has 4 nitrogen and oxygen atoms in total. The topological polar surface area (TPSA) is 45.2 Å². The molecule has 0 unspecified atom stereocenters. The molecule has 0 aromatic carbocycles. The van der Waals surface area contributed by atoms with Crippen LogP contribution < -0.4 is 5.32 Å². The molecule has 2 heterocycles. The van der Waals surface area contributed by atoms with Gasteiger partial charge in [-0.1, -0.05) is 6.07 Å². The Bertz CT molecular complexity index is 462. The van der Waals surface area contributed by atoms with Crippen LogP contribution in [0, 0.1) is 6.92 Å². The number of carbonyl (C=O) groups excluding carboxylic acids is 1. The van der Waals surface area contributed by atoms with E-state index in [4.69, 9.17) is 0 Å². The molecule has 102 valence electrons. The zero-order valence-electron chi connectivity index (χ0n) is 11.4. The van der Waals surface area contributed by atoms with Crippen LogP contribution >= 0.6 is 0 Å². The second-order valence-electron chi connectivity index (χ2n) is 5.68. The number of nitrogens with zero attached hydrogens (tertiary/aromatic N) is 2. The first-order valence-electron chi connectivity index (χ1n) is 7.21. The van der Waals surface area contributed by atoms with Gasteiger partial charge in [0.2, 0.25) is 0 Å². The minimum atomic E-state index is -0.0337. The first-order chi connectivity index (χ1) is 9.22. The van der Waals surface area contributed by atoms with Crippen LogP contribution in [-0.4, -0.2) is 41.0 Å². The number of carbonyl (C=O) groups is 1. The summed E-state index contributed by atoms with van der Waals surface area (Å²) in [4.78, 5) is 18.9. The third-order valence-electron chi connectivity index (χ3n) is 4.05. The number of aryl methyl sites for hydroxylation is 1. The first-order valence-corrected chi connectivity index (χ1v) is 7.21. The van der Waals surface area contributed by atoms with Crippen LogP contribution in [0.2, 0.25) is 0 Å². The highest BCUT2D eigenvalue weighted by Crippen LogP contribution is 2.29. The minimum absolute atomic E-state index is 0.0337. The number of pyridine rings is 1. The van der Waals surface area contributed by atoms with E-state index >= 15 is 0 Å². The van der Waals surface area contributed by atoms with Crippen LogP contribution in [0.25, 0.3) is 0 Å². The molecule has 3 rings (SSSR count). The van der Waals surface area contributed by atoms with E-state index in [1.807, 2.05) is 19.1 Å². The monoisotopic (exact) mass is 259 g/mol. The normalized spacial score (nSPS) is 21.3. The molecule has 1 saturated carbocycles. The SMILES string of the molecule is Cc1cccc(C(=O)NC2CCN(C3CC3)CC2)n1. The van der Waals surface area contributed by atoms with Crippen molar-refractivity contribution >= 4 is 5.91 Å². The van der Waals surface area contributed by atoms with Crippen LogP contribution in [-0.2, 0) is 0 Å². The average Bonchev–Trinajstić information content (AvgIpc) is 3.24. The third-order valence-corrected chi connectivity index (χ3v) is 4.05. The van der Waals surface area contributed by atoms with Crippen molar-refractivity contribution < 1.29 is 4.79 Å². The fraction of sp³-hybridized carbons (Fsp3) is 0.600. The zero-order valence-corrected chi connectivity index (χ0v) is 11.4. The van der Waals surface area contributed by atoms with Crippen LogP contribution in [0.15, 0.2) is 18.2 Å². The number of nitrogens with one attached hydrogen (secondary N) is 1. The lowest BCUT2D eigenvalue weighted by Crippen LogP contribution is -2.45. The van der Waals surface area contributed by atoms with Crippen LogP contribution in [0.5, 0.6) is 0 Å². The predicted molar refractivity (Wildman–Crippen MR) is 74.1 cm³/mol. The Morgan fingerprint density at radius 2 is 2.00 bits per heavy atom. The molecule has 1 aromatic heterocycles. The fourth-order valence-corrected chi connectivity index (χ4v) is 2.78. The quantitative estimate of drug-likeness (QED) is 0.899. The maximum atomic E-state index is 12.1. The maximum absolute atomic E-state index is 12.1. The molecule has 0 spiro atoms. The molecule has 1 saturated heterocycles. The number of likely N-dealkylation sites (tertiary alicyclic amines) is 1. The molecule has 2 fully saturated rings. The van der Waals surface area contributed by atoms with E-state index in [-0.39, 0.29) is 5.91 Å². The smallest absolute Gasteiger partial charge is 0.270 e. The van der Waals surface area contributed by atoms with Gasteiger partial charge in [-0.3, -0.25) is 4.79 Å². The van der Waals surface area contributed by atoms with Crippen molar-refractivity contribution in [2.75, 3.05) is 13.1 Å². The second-order valence-corrected chi connectivity index (χ2v) is 5.68. The molecular weight excluding hydrogens is 238 g/mol. The van der Waals surface area contributed by atoms with Gasteiger partial charge in [-0.2, -0.15) is 0 Å². The third kappa shape index (κ3) is 3.13. The van der Waals surface area contributed by atoms with Gasteiger partial charge in [0.25, 0.3) is 5.91 Å². The molecule has 1 aliphatic heterocycles. The Balaban J connectivity index is 1.52. The number of amides is 1. The van der Waals surface area contributed by atoms with E-state index in [2.05, 4.69) is 15.2 Å². The lowest BCUT2D eigenvalue weighted by atomic mass is 10.0. The lowest BCUT2D eigenvalue weighted by molar-refractivity contribution is 0.0904. The Labute approximate surface area is 114 Å². The van der Waals surface area contributed by atoms with E-state index in [0.29, 0.717) is 11.7 Å². The molecule has 0 radical (unpaired) electrons. The molecule has 1 N–H and O–H groups in total. The molecule has 0 bridgehead atoms. The average molecular weight is 259 g/mol. The highest BCUT2D eigenvalue weighted by Gasteiger charge is 2.32. The molecule has 1 aromatic rings. The van der Waals surface area contributed by atoms with Gasteiger partial charge < -0.3 is 10.2 Å². The number of piperidine rings is 1. The molecule has 1 amide bonds. The van der Waals surface area contributed by atoms with Gasteiger partial charge in [0.15, 0.2) is 0 Å². The Morgan fingerprint density at radius 3 is 2.63 bits per heavy atom. The summed E-state index contributed by atoms with van der Waals surface area (Å²) in [6.07, 6.45) is 4.86. The summed E-state index contributed by atoms with van der Waals surface area (Å²) in [5.41, 5.74) is 1.42. The van der Waals surface area contributed by atoms with Gasteiger partial charge in [0, 0.05) is 30.9 Å². The summed E-state index contributed by atoms with van der Waals surface area (Å²) in [6.45, 7) is 4.15. The van der Waals surface area contributed by atoms with Crippen molar-refractivity contribution in [3.63, 3.8) is 0 Å². The highest BCUT2D eigenvalue weighted by atomic mass is 16.1. The van der Waals surface area contributed by atoms with Crippen molar-refractivity contribution in [2.45, 2.75) is 44.7 Å². The maximum Gasteiger partial charge on any atom is 0.270 e. The van der Waals surface area contributed by atoms with Crippen LogP contribution in [0.3, 0.4) is 0 Å². The van der Waals surface area contributed by atoms with Gasteiger partial charge >= 0.3 is 0 Å². The Kier molecular flexibility index (Phi) is 3.51. The molecule has 1 aliphatic carbocycles.